The predicted octanol–water partition coefficient (Wildman–Crippen LogP) is 3.59. The fourth-order valence-electron chi connectivity index (χ4n) is 1.36. The van der Waals surface area contributed by atoms with Crippen molar-refractivity contribution in [3.63, 3.8) is 0 Å². The van der Waals surface area contributed by atoms with Crippen LogP contribution in [0.5, 0.6) is 0 Å². The third-order valence-electron chi connectivity index (χ3n) is 2.91. The van der Waals surface area contributed by atoms with E-state index in [2.05, 4.69) is 24.1 Å². The molecule has 3 nitrogen and oxygen atoms in total. The van der Waals surface area contributed by atoms with Gasteiger partial charge in [0.2, 0.25) is 0 Å². The molecule has 17 heavy (non-hydrogen) atoms. The molecule has 0 aliphatic carbocycles. The van der Waals surface area contributed by atoms with Gasteiger partial charge >= 0.3 is 0 Å². The van der Waals surface area contributed by atoms with Gasteiger partial charge in [0.15, 0.2) is 11.6 Å². The highest BCUT2D eigenvalue weighted by Crippen LogP contribution is 2.21. The summed E-state index contributed by atoms with van der Waals surface area (Å²) in [5.41, 5.74) is 0.0471. The first-order valence-electron chi connectivity index (χ1n) is 5.52. The maximum Gasteiger partial charge on any atom is 0.166 e. The van der Waals surface area contributed by atoms with E-state index in [4.69, 9.17) is 16.9 Å². The van der Waals surface area contributed by atoms with Gasteiger partial charge in [0, 0.05) is 6.04 Å². The molecule has 0 fully saturated rings. The average molecular weight is 256 g/mol. The number of halogens is 2. The Morgan fingerprint density at radius 3 is 2.76 bits per heavy atom. The van der Waals surface area contributed by atoms with Crippen LogP contribution in [0.25, 0.3) is 0 Å². The number of aromatic nitrogens is 1. The van der Waals surface area contributed by atoms with E-state index in [0.717, 1.165) is 12.5 Å². The molecule has 0 spiro atoms. The van der Waals surface area contributed by atoms with Gasteiger partial charge in [-0.05, 0) is 18.9 Å². The van der Waals surface area contributed by atoms with Crippen LogP contribution in [0.2, 0.25) is 5.15 Å². The van der Waals surface area contributed by atoms with Crippen molar-refractivity contribution in [3.05, 3.63) is 22.6 Å². The molecule has 1 heterocycles. The second-order valence-corrected chi connectivity index (χ2v) is 4.45. The predicted molar refractivity (Wildman–Crippen MR) is 66.5 cm³/mol. The highest BCUT2D eigenvalue weighted by atomic mass is 35.5. The number of nitrogens with zero attached hydrogens (tertiary/aromatic N) is 2. The Kier molecular flexibility index (Phi) is 4.71. The Morgan fingerprint density at radius 2 is 2.24 bits per heavy atom. The summed E-state index contributed by atoms with van der Waals surface area (Å²) in [6.45, 7) is 6.10. The molecule has 5 heteroatoms. The molecule has 0 saturated carbocycles. The Labute approximate surface area is 106 Å². The van der Waals surface area contributed by atoms with Crippen molar-refractivity contribution in [2.45, 2.75) is 33.2 Å². The van der Waals surface area contributed by atoms with Crippen LogP contribution in [0.4, 0.5) is 10.2 Å². The van der Waals surface area contributed by atoms with E-state index in [9.17, 15) is 4.39 Å². The fraction of sp³-hybridized carbons (Fsp3) is 0.500. The zero-order chi connectivity index (χ0) is 13.0. The topological polar surface area (TPSA) is 48.7 Å². The van der Waals surface area contributed by atoms with Gasteiger partial charge in [-0.1, -0.05) is 31.9 Å². The van der Waals surface area contributed by atoms with Gasteiger partial charge < -0.3 is 5.32 Å². The lowest BCUT2D eigenvalue weighted by molar-refractivity contribution is 0.490. The molecule has 0 aromatic carbocycles. The number of nitriles is 1. The number of nitrogens with one attached hydrogen (secondary N) is 1. The Hall–Kier alpha value is -1.34. The Bertz CT molecular complexity index is 442. The molecule has 1 rings (SSSR count). The Balaban J connectivity index is 2.93. The average Bonchev–Trinajstić information content (AvgIpc) is 2.32. The van der Waals surface area contributed by atoms with E-state index >= 15 is 0 Å². The SMILES string of the molecule is CC[C@H](C)[C@@H](C)Nc1nc(Cl)c(C#N)cc1F. The molecule has 0 aliphatic heterocycles. The summed E-state index contributed by atoms with van der Waals surface area (Å²) in [5, 5.41) is 11.7. The van der Waals surface area contributed by atoms with Crippen molar-refractivity contribution in [1.82, 2.24) is 4.98 Å². The third kappa shape index (κ3) is 3.31. The molecule has 0 amide bonds. The lowest BCUT2D eigenvalue weighted by Crippen LogP contribution is -2.24. The second-order valence-electron chi connectivity index (χ2n) is 4.09. The number of anilines is 1. The van der Waals surface area contributed by atoms with Gasteiger partial charge in [-0.25, -0.2) is 9.37 Å². The summed E-state index contributed by atoms with van der Waals surface area (Å²) in [6, 6.07) is 2.98. The van der Waals surface area contributed by atoms with E-state index in [1.165, 1.54) is 0 Å². The summed E-state index contributed by atoms with van der Waals surface area (Å²) in [5.74, 6) is -0.0616. The first-order chi connectivity index (χ1) is 7.99. The van der Waals surface area contributed by atoms with Gasteiger partial charge in [0.25, 0.3) is 0 Å². The van der Waals surface area contributed by atoms with Gasteiger partial charge in [-0.2, -0.15) is 5.26 Å². The highest BCUT2D eigenvalue weighted by molar-refractivity contribution is 6.30. The minimum absolute atomic E-state index is 0.0211. The van der Waals surface area contributed by atoms with Crippen LogP contribution in [0, 0.1) is 23.1 Å². The van der Waals surface area contributed by atoms with Crippen molar-refractivity contribution in [2.75, 3.05) is 5.32 Å². The summed E-state index contributed by atoms with van der Waals surface area (Å²) >= 11 is 5.76. The van der Waals surface area contributed by atoms with Crippen molar-refractivity contribution >= 4 is 17.4 Å². The van der Waals surface area contributed by atoms with E-state index in [0.29, 0.717) is 5.92 Å². The molecule has 0 bridgehead atoms. The van der Waals surface area contributed by atoms with Crippen LogP contribution in [0.1, 0.15) is 32.8 Å². The summed E-state index contributed by atoms with van der Waals surface area (Å²) in [4.78, 5) is 3.86. The molecule has 1 aromatic heterocycles. The van der Waals surface area contributed by atoms with E-state index in [1.807, 2.05) is 6.92 Å². The molecule has 0 aliphatic rings. The van der Waals surface area contributed by atoms with Gasteiger partial charge in [-0.15, -0.1) is 0 Å². The van der Waals surface area contributed by atoms with Gasteiger partial charge in [0.1, 0.15) is 11.2 Å². The van der Waals surface area contributed by atoms with Gasteiger partial charge in [-0.3, -0.25) is 0 Å². The number of rotatable bonds is 4. The number of hydrogen-bond acceptors (Lipinski definition) is 3. The highest BCUT2D eigenvalue weighted by Gasteiger charge is 2.15. The van der Waals surface area contributed by atoms with Crippen LogP contribution in [0.3, 0.4) is 0 Å². The minimum Gasteiger partial charge on any atom is -0.365 e. The maximum atomic E-state index is 13.6. The van der Waals surface area contributed by atoms with E-state index in [1.54, 1.807) is 6.07 Å². The summed E-state index contributed by atoms with van der Waals surface area (Å²) in [6.07, 6.45) is 0.986. The Morgan fingerprint density at radius 1 is 1.59 bits per heavy atom. The molecule has 0 radical (unpaired) electrons. The van der Waals surface area contributed by atoms with E-state index in [-0.39, 0.29) is 22.6 Å². The standard InChI is InChI=1S/C12H15ClFN3/c1-4-7(2)8(3)16-12-10(14)5-9(6-15)11(13)17-12/h5,7-8H,4H2,1-3H3,(H,16,17)/t7-,8+/m0/s1. The molecule has 2 atom stereocenters. The largest absolute Gasteiger partial charge is 0.365 e. The second kappa shape index (κ2) is 5.83. The lowest BCUT2D eigenvalue weighted by Gasteiger charge is -2.20. The molecule has 1 aromatic rings. The molecule has 1 N–H and O–H groups in total. The number of pyridine rings is 1. The summed E-state index contributed by atoms with van der Waals surface area (Å²) < 4.78 is 13.6. The minimum atomic E-state index is -0.555. The van der Waals surface area contributed by atoms with Gasteiger partial charge in [0.05, 0.1) is 5.56 Å². The molecule has 92 valence electrons. The smallest absolute Gasteiger partial charge is 0.166 e. The molecular formula is C12H15ClFN3. The van der Waals surface area contributed by atoms with E-state index < -0.39 is 5.82 Å². The van der Waals surface area contributed by atoms with Crippen molar-refractivity contribution < 1.29 is 4.39 Å². The van der Waals surface area contributed by atoms with Crippen LogP contribution in [0.15, 0.2) is 6.07 Å². The van der Waals surface area contributed by atoms with Crippen LogP contribution in [-0.2, 0) is 0 Å². The normalized spacial score (nSPS) is 13.9. The van der Waals surface area contributed by atoms with Crippen LogP contribution >= 0.6 is 11.6 Å². The maximum absolute atomic E-state index is 13.6. The molecule has 0 saturated heterocycles. The van der Waals surface area contributed by atoms with Crippen molar-refractivity contribution in [3.8, 4) is 6.07 Å². The molecule has 0 unspecified atom stereocenters. The quantitative estimate of drug-likeness (QED) is 0.837. The fourth-order valence-corrected chi connectivity index (χ4v) is 1.54. The lowest BCUT2D eigenvalue weighted by atomic mass is 10.0. The van der Waals surface area contributed by atoms with Crippen LogP contribution in [-0.4, -0.2) is 11.0 Å². The third-order valence-corrected chi connectivity index (χ3v) is 3.20. The monoisotopic (exact) mass is 255 g/mol. The van der Waals surface area contributed by atoms with Crippen molar-refractivity contribution in [2.24, 2.45) is 5.92 Å². The molecular weight excluding hydrogens is 241 g/mol. The zero-order valence-electron chi connectivity index (χ0n) is 10.1. The first-order valence-corrected chi connectivity index (χ1v) is 5.90. The first kappa shape index (κ1) is 13.7. The number of hydrogen-bond donors (Lipinski definition) is 1. The summed E-state index contributed by atoms with van der Waals surface area (Å²) in [7, 11) is 0. The van der Waals surface area contributed by atoms with Crippen LogP contribution < -0.4 is 5.32 Å². The zero-order valence-corrected chi connectivity index (χ0v) is 10.8. The van der Waals surface area contributed by atoms with Crippen molar-refractivity contribution in [1.29, 1.82) is 5.26 Å².